The summed E-state index contributed by atoms with van der Waals surface area (Å²) in [5.41, 5.74) is 0. The number of rotatable bonds is 6. The molecule has 0 spiro atoms. The molecule has 2 aromatic rings. The second-order valence-corrected chi connectivity index (χ2v) is 8.10. The van der Waals surface area contributed by atoms with Crippen LogP contribution in [0.1, 0.15) is 0 Å². The SMILES string of the molecule is O=P([O-])(CNS(=O)(=O)c1ccc(F)cc1)Oc1cccnc1Cl.[Na+]. The summed E-state index contributed by atoms with van der Waals surface area (Å²) in [5, 5.41) is -0.176. The van der Waals surface area contributed by atoms with Crippen LogP contribution in [0.15, 0.2) is 47.5 Å². The van der Waals surface area contributed by atoms with E-state index >= 15 is 0 Å². The van der Waals surface area contributed by atoms with Gasteiger partial charge in [0.25, 0.3) is 0 Å². The minimum Gasteiger partial charge on any atom is -0.768 e. The number of aromatic nitrogens is 1. The maximum atomic E-state index is 12.8. The van der Waals surface area contributed by atoms with Gasteiger partial charge in [0.1, 0.15) is 5.82 Å². The molecule has 0 bridgehead atoms. The van der Waals surface area contributed by atoms with Gasteiger partial charge in [0.05, 0.1) is 11.2 Å². The number of hydrogen-bond donors (Lipinski definition) is 1. The number of nitrogens with one attached hydrogen (secondary N) is 1. The van der Waals surface area contributed by atoms with Crippen LogP contribution in [0.3, 0.4) is 0 Å². The van der Waals surface area contributed by atoms with E-state index in [4.69, 9.17) is 16.1 Å². The molecule has 0 amide bonds. The number of pyridine rings is 1. The van der Waals surface area contributed by atoms with Gasteiger partial charge in [-0.1, -0.05) is 11.6 Å². The topological polar surface area (TPSA) is 108 Å². The normalized spacial score (nSPS) is 13.6. The number of benzene rings is 1. The predicted molar refractivity (Wildman–Crippen MR) is 79.1 cm³/mol. The molecule has 1 aromatic carbocycles. The molecule has 0 saturated heterocycles. The van der Waals surface area contributed by atoms with Gasteiger partial charge in [-0.2, -0.15) is 0 Å². The van der Waals surface area contributed by atoms with Crippen LogP contribution < -0.4 is 43.7 Å². The van der Waals surface area contributed by atoms with E-state index in [1.807, 2.05) is 4.72 Å². The van der Waals surface area contributed by atoms with E-state index < -0.39 is 29.7 Å². The molecule has 7 nitrogen and oxygen atoms in total. The Bertz CT molecular complexity index is 853. The Morgan fingerprint density at radius 2 is 1.92 bits per heavy atom. The molecular formula is C12H10ClFN2NaO5PS. The summed E-state index contributed by atoms with van der Waals surface area (Å²) < 4.78 is 55.0. The molecule has 0 saturated carbocycles. The maximum absolute atomic E-state index is 12.8. The molecule has 0 radical (unpaired) electrons. The molecule has 0 fully saturated rings. The van der Waals surface area contributed by atoms with Crippen molar-refractivity contribution in [2.45, 2.75) is 4.90 Å². The molecule has 0 aliphatic heterocycles. The average molecular weight is 403 g/mol. The Kier molecular flexibility index (Phi) is 7.83. The average Bonchev–Trinajstić information content (AvgIpc) is 2.48. The zero-order valence-corrected chi connectivity index (χ0v) is 16.8. The third kappa shape index (κ3) is 6.09. The van der Waals surface area contributed by atoms with E-state index in [2.05, 4.69) is 4.98 Å². The molecule has 24 heavy (non-hydrogen) atoms. The monoisotopic (exact) mass is 402 g/mol. The molecule has 12 heteroatoms. The van der Waals surface area contributed by atoms with Crippen molar-refractivity contribution in [3.05, 3.63) is 53.6 Å². The molecule has 1 unspecified atom stereocenters. The van der Waals surface area contributed by atoms with Gasteiger partial charge in [-0.25, -0.2) is 22.5 Å². The molecule has 1 N–H and O–H groups in total. The second kappa shape index (κ2) is 8.73. The molecule has 2 rings (SSSR count). The van der Waals surface area contributed by atoms with E-state index in [1.54, 1.807) is 0 Å². The Morgan fingerprint density at radius 3 is 2.50 bits per heavy atom. The molecule has 124 valence electrons. The molecule has 1 atom stereocenters. The minimum absolute atomic E-state index is 0. The van der Waals surface area contributed by atoms with Gasteiger partial charge >= 0.3 is 29.6 Å². The Labute approximate surface area is 165 Å². The number of sulfonamides is 1. The molecule has 0 aliphatic carbocycles. The van der Waals surface area contributed by atoms with Crippen molar-refractivity contribution in [2.24, 2.45) is 0 Å². The van der Waals surface area contributed by atoms with Crippen molar-refractivity contribution >= 4 is 29.2 Å². The smallest absolute Gasteiger partial charge is 0.768 e. The third-order valence-corrected chi connectivity index (χ3v) is 5.47. The van der Waals surface area contributed by atoms with Crippen LogP contribution >= 0.6 is 19.2 Å². The van der Waals surface area contributed by atoms with Gasteiger partial charge in [-0.15, -0.1) is 0 Å². The van der Waals surface area contributed by atoms with Gasteiger partial charge < -0.3 is 9.42 Å². The number of nitrogens with zero attached hydrogens (tertiary/aromatic N) is 1. The van der Waals surface area contributed by atoms with Crippen LogP contribution in [-0.4, -0.2) is 19.7 Å². The number of hydrogen-bond acceptors (Lipinski definition) is 6. The molecule has 1 heterocycles. The summed E-state index contributed by atoms with van der Waals surface area (Å²) in [5.74, 6) is -0.832. The molecule has 0 aliphatic rings. The van der Waals surface area contributed by atoms with Crippen molar-refractivity contribution < 1.29 is 56.3 Å². The van der Waals surface area contributed by atoms with Gasteiger partial charge in [0.2, 0.25) is 10.0 Å². The van der Waals surface area contributed by atoms with E-state index in [9.17, 15) is 22.3 Å². The van der Waals surface area contributed by atoms with Gasteiger partial charge in [-0.3, -0.25) is 4.57 Å². The Hall–Kier alpha value is -0.510. The van der Waals surface area contributed by atoms with Gasteiger partial charge in [0, 0.05) is 6.20 Å². The van der Waals surface area contributed by atoms with Crippen molar-refractivity contribution in [1.82, 2.24) is 9.71 Å². The van der Waals surface area contributed by atoms with Crippen LogP contribution in [0.4, 0.5) is 4.39 Å². The minimum atomic E-state index is -4.61. The van der Waals surface area contributed by atoms with E-state index in [0.717, 1.165) is 24.3 Å². The van der Waals surface area contributed by atoms with Crippen LogP contribution in [-0.2, 0) is 14.6 Å². The van der Waals surface area contributed by atoms with Crippen LogP contribution in [0, 0.1) is 5.82 Å². The fourth-order valence-electron chi connectivity index (χ4n) is 1.48. The standard InChI is InChI=1S/C12H11ClFN2O5PS.Na/c13-12-11(2-1-7-15-12)21-22(17,18)8-16-23(19,20)10-5-3-9(14)4-6-10;/h1-7,16H,8H2,(H,17,18);/q;+1/p-1. The summed E-state index contributed by atoms with van der Waals surface area (Å²) in [4.78, 5) is 15.2. The predicted octanol–water partition coefficient (Wildman–Crippen LogP) is -1.25. The van der Waals surface area contributed by atoms with Crippen LogP contribution in [0.2, 0.25) is 5.15 Å². The van der Waals surface area contributed by atoms with Crippen molar-refractivity contribution in [3.8, 4) is 5.75 Å². The largest absolute Gasteiger partial charge is 1.00 e. The first-order valence-electron chi connectivity index (χ1n) is 6.05. The first-order chi connectivity index (χ1) is 10.7. The third-order valence-electron chi connectivity index (χ3n) is 2.53. The first-order valence-corrected chi connectivity index (χ1v) is 9.64. The Balaban J connectivity index is 0.00000288. The second-order valence-electron chi connectivity index (χ2n) is 4.25. The van der Waals surface area contributed by atoms with E-state index in [0.29, 0.717) is 0 Å². The van der Waals surface area contributed by atoms with Crippen LogP contribution in [0.25, 0.3) is 0 Å². The summed E-state index contributed by atoms with van der Waals surface area (Å²) in [6.07, 6.45) is 0.333. The van der Waals surface area contributed by atoms with Crippen molar-refractivity contribution in [2.75, 3.05) is 6.29 Å². The molecular weight excluding hydrogens is 393 g/mol. The number of halogens is 2. The Morgan fingerprint density at radius 1 is 1.29 bits per heavy atom. The summed E-state index contributed by atoms with van der Waals surface area (Å²) in [6, 6.07) is 6.57. The maximum Gasteiger partial charge on any atom is 1.00 e. The zero-order valence-electron chi connectivity index (χ0n) is 12.3. The zero-order chi connectivity index (χ0) is 17.1. The van der Waals surface area contributed by atoms with Gasteiger partial charge in [0.15, 0.2) is 18.5 Å². The quantitative estimate of drug-likeness (QED) is 0.367. The first kappa shape index (κ1) is 21.5. The van der Waals surface area contributed by atoms with E-state index in [-0.39, 0.29) is 45.4 Å². The van der Waals surface area contributed by atoms with E-state index in [1.165, 1.54) is 18.3 Å². The summed E-state index contributed by atoms with van der Waals surface area (Å²) >= 11 is 5.66. The van der Waals surface area contributed by atoms with Gasteiger partial charge in [-0.05, 0) is 36.4 Å². The molecule has 1 aromatic heterocycles. The summed E-state index contributed by atoms with van der Waals surface area (Å²) in [6.45, 7) is 0. The summed E-state index contributed by atoms with van der Waals surface area (Å²) in [7, 11) is -8.74. The fourth-order valence-corrected chi connectivity index (χ4v) is 4.18. The van der Waals surface area contributed by atoms with Crippen LogP contribution in [0.5, 0.6) is 5.75 Å². The van der Waals surface area contributed by atoms with Crippen molar-refractivity contribution in [3.63, 3.8) is 0 Å². The van der Waals surface area contributed by atoms with Crippen molar-refractivity contribution in [1.29, 1.82) is 0 Å². The fraction of sp³-hybridized carbons (Fsp3) is 0.0833.